The van der Waals surface area contributed by atoms with Crippen LogP contribution in [0.25, 0.3) is 0 Å². The van der Waals surface area contributed by atoms with Gasteiger partial charge in [-0.2, -0.15) is 5.10 Å². The summed E-state index contributed by atoms with van der Waals surface area (Å²) in [4.78, 5) is 17.4. The van der Waals surface area contributed by atoms with Gasteiger partial charge in [0, 0.05) is 23.6 Å². The summed E-state index contributed by atoms with van der Waals surface area (Å²) in [6, 6.07) is 5.69. The highest BCUT2D eigenvalue weighted by Crippen LogP contribution is 2.40. The Labute approximate surface area is 167 Å². The van der Waals surface area contributed by atoms with E-state index in [-0.39, 0.29) is 11.9 Å². The average Bonchev–Trinajstić information content (AvgIpc) is 3.37. The van der Waals surface area contributed by atoms with Gasteiger partial charge in [-0.15, -0.1) is 11.8 Å². The number of aromatic nitrogens is 4. The number of thioether (sulfide) groups is 1. The zero-order valence-electron chi connectivity index (χ0n) is 16.2. The second-order valence-corrected chi connectivity index (χ2v) is 8.10. The molecule has 1 aliphatic rings. The van der Waals surface area contributed by atoms with Crippen LogP contribution in [0.4, 0.5) is 5.82 Å². The van der Waals surface area contributed by atoms with Crippen molar-refractivity contribution in [1.82, 2.24) is 19.9 Å². The van der Waals surface area contributed by atoms with E-state index >= 15 is 0 Å². The van der Waals surface area contributed by atoms with Crippen LogP contribution >= 0.6 is 11.8 Å². The number of carbonyl (C=O) groups excluding carboxylic acids is 1. The van der Waals surface area contributed by atoms with Crippen LogP contribution in [0.1, 0.15) is 53.2 Å². The first-order valence-electron chi connectivity index (χ1n) is 9.39. The fourth-order valence-electron chi connectivity index (χ4n) is 3.23. The molecule has 146 valence electrons. The topological polar surface area (TPSA) is 85.8 Å². The van der Waals surface area contributed by atoms with Gasteiger partial charge in [0.1, 0.15) is 16.6 Å². The van der Waals surface area contributed by atoms with Gasteiger partial charge >= 0.3 is 0 Å². The molecule has 8 heteroatoms. The minimum Gasteiger partial charge on any atom is -0.361 e. The summed E-state index contributed by atoms with van der Waals surface area (Å²) in [6.45, 7) is 5.96. The Balaban J connectivity index is 1.50. The molecular formula is C20H23N5O2S. The molecular weight excluding hydrogens is 374 g/mol. The highest BCUT2D eigenvalue weighted by atomic mass is 32.2. The monoisotopic (exact) mass is 397 g/mol. The largest absolute Gasteiger partial charge is 0.361 e. The molecule has 0 aromatic carbocycles. The maximum Gasteiger partial charge on any atom is 0.259 e. The first-order chi connectivity index (χ1) is 13.5. The molecule has 3 aromatic heterocycles. The summed E-state index contributed by atoms with van der Waals surface area (Å²) in [5.41, 5.74) is 2.45. The Kier molecular flexibility index (Phi) is 5.21. The van der Waals surface area contributed by atoms with Crippen LogP contribution in [-0.2, 0) is 5.75 Å². The molecule has 7 nitrogen and oxygen atoms in total. The summed E-state index contributed by atoms with van der Waals surface area (Å²) in [5, 5.41) is 12.1. The summed E-state index contributed by atoms with van der Waals surface area (Å²) in [7, 11) is 0. The van der Waals surface area contributed by atoms with Crippen molar-refractivity contribution in [1.29, 1.82) is 0 Å². The number of anilines is 1. The quantitative estimate of drug-likeness (QED) is 0.595. The fourth-order valence-corrected chi connectivity index (χ4v) is 4.37. The molecule has 28 heavy (non-hydrogen) atoms. The highest BCUT2D eigenvalue weighted by molar-refractivity contribution is 7.98. The number of hydrogen-bond donors (Lipinski definition) is 1. The third-order valence-corrected chi connectivity index (χ3v) is 6.18. The Hall–Kier alpha value is -2.61. The summed E-state index contributed by atoms with van der Waals surface area (Å²) >= 11 is 1.51. The summed E-state index contributed by atoms with van der Waals surface area (Å²) in [6.07, 6.45) is 5.87. The standard InChI is InChI=1S/C20H23N5O2S/c1-12-17(14(3)27-24-12)11-28-20-16(5-4-9-21-20)19(26)23-18-8-10-22-25(18)13(2)15-6-7-15/h4-5,8-10,13,15H,6-7,11H2,1-3H3,(H,23,26). The zero-order chi connectivity index (χ0) is 19.7. The lowest BCUT2D eigenvalue weighted by Gasteiger charge is -2.16. The minimum absolute atomic E-state index is 0.181. The molecule has 0 radical (unpaired) electrons. The van der Waals surface area contributed by atoms with Crippen molar-refractivity contribution in [3.8, 4) is 0 Å². The third kappa shape index (κ3) is 3.82. The number of hydrogen-bond acceptors (Lipinski definition) is 6. The molecule has 1 amide bonds. The molecule has 3 aromatic rings. The van der Waals surface area contributed by atoms with Gasteiger partial charge in [-0.25, -0.2) is 9.67 Å². The van der Waals surface area contributed by atoms with Gasteiger partial charge in [-0.3, -0.25) is 4.79 Å². The second-order valence-electron chi connectivity index (χ2n) is 7.14. The van der Waals surface area contributed by atoms with Crippen LogP contribution in [0.2, 0.25) is 0 Å². The maximum atomic E-state index is 13.0. The van der Waals surface area contributed by atoms with E-state index in [9.17, 15) is 4.79 Å². The van der Waals surface area contributed by atoms with Crippen LogP contribution < -0.4 is 5.32 Å². The fraction of sp³-hybridized carbons (Fsp3) is 0.400. The van der Waals surface area contributed by atoms with E-state index in [1.54, 1.807) is 24.5 Å². The van der Waals surface area contributed by atoms with Gasteiger partial charge in [-0.05, 0) is 51.7 Å². The van der Waals surface area contributed by atoms with Crippen molar-refractivity contribution in [2.75, 3.05) is 5.32 Å². The van der Waals surface area contributed by atoms with Crippen molar-refractivity contribution >= 4 is 23.5 Å². The molecule has 1 aliphatic carbocycles. The molecule has 0 aliphatic heterocycles. The number of carbonyl (C=O) groups is 1. The van der Waals surface area contributed by atoms with Crippen LogP contribution in [0.5, 0.6) is 0 Å². The van der Waals surface area contributed by atoms with Crippen molar-refractivity contribution in [2.45, 2.75) is 50.4 Å². The van der Waals surface area contributed by atoms with Crippen molar-refractivity contribution in [3.05, 3.63) is 53.2 Å². The predicted octanol–water partition coefficient (Wildman–Crippen LogP) is 4.40. The van der Waals surface area contributed by atoms with Crippen LogP contribution in [0.3, 0.4) is 0 Å². The van der Waals surface area contributed by atoms with E-state index in [0.29, 0.717) is 22.3 Å². The Morgan fingerprint density at radius 1 is 1.36 bits per heavy atom. The number of nitrogens with one attached hydrogen (secondary N) is 1. The lowest BCUT2D eigenvalue weighted by Crippen LogP contribution is -2.19. The van der Waals surface area contributed by atoms with Gasteiger partial charge in [0.25, 0.3) is 5.91 Å². The number of aryl methyl sites for hydroxylation is 2. The lowest BCUT2D eigenvalue weighted by atomic mass is 10.2. The van der Waals surface area contributed by atoms with E-state index in [1.165, 1.54) is 24.6 Å². The normalized spacial score (nSPS) is 14.8. The van der Waals surface area contributed by atoms with Crippen LogP contribution in [0, 0.1) is 19.8 Å². The van der Waals surface area contributed by atoms with Gasteiger partial charge in [-0.1, -0.05) is 5.16 Å². The molecule has 0 bridgehead atoms. The number of nitrogens with zero attached hydrogens (tertiary/aromatic N) is 4. The van der Waals surface area contributed by atoms with E-state index in [4.69, 9.17) is 4.52 Å². The lowest BCUT2D eigenvalue weighted by molar-refractivity contribution is 0.102. The molecule has 1 unspecified atom stereocenters. The molecule has 4 rings (SSSR count). The van der Waals surface area contributed by atoms with Crippen molar-refractivity contribution in [2.24, 2.45) is 5.92 Å². The Morgan fingerprint density at radius 2 is 2.18 bits per heavy atom. The van der Waals surface area contributed by atoms with Gasteiger partial charge in [0.05, 0.1) is 23.5 Å². The highest BCUT2D eigenvalue weighted by Gasteiger charge is 2.31. The average molecular weight is 398 g/mol. The van der Waals surface area contributed by atoms with E-state index in [0.717, 1.165) is 22.8 Å². The Bertz CT molecular complexity index is 973. The van der Waals surface area contributed by atoms with Crippen molar-refractivity contribution < 1.29 is 9.32 Å². The number of amides is 1. The first kappa shape index (κ1) is 18.7. The molecule has 1 N–H and O–H groups in total. The smallest absolute Gasteiger partial charge is 0.259 e. The van der Waals surface area contributed by atoms with Gasteiger partial charge in [0.15, 0.2) is 0 Å². The van der Waals surface area contributed by atoms with Crippen LogP contribution in [-0.4, -0.2) is 25.8 Å². The van der Waals surface area contributed by atoms with E-state index in [1.807, 2.05) is 24.6 Å². The second kappa shape index (κ2) is 7.79. The van der Waals surface area contributed by atoms with Gasteiger partial charge in [0.2, 0.25) is 0 Å². The van der Waals surface area contributed by atoms with Crippen LogP contribution in [0.15, 0.2) is 40.1 Å². The Morgan fingerprint density at radius 3 is 2.89 bits per heavy atom. The molecule has 1 fully saturated rings. The molecule has 1 atom stereocenters. The SMILES string of the molecule is Cc1noc(C)c1CSc1ncccc1C(=O)Nc1ccnn1C(C)C1CC1. The molecule has 1 saturated carbocycles. The molecule has 3 heterocycles. The maximum absolute atomic E-state index is 13.0. The van der Waals surface area contributed by atoms with Gasteiger partial charge < -0.3 is 9.84 Å². The van der Waals surface area contributed by atoms with E-state index < -0.39 is 0 Å². The first-order valence-corrected chi connectivity index (χ1v) is 10.4. The number of pyridine rings is 1. The number of rotatable bonds is 7. The predicted molar refractivity (Wildman–Crippen MR) is 107 cm³/mol. The summed E-state index contributed by atoms with van der Waals surface area (Å²) < 4.78 is 7.12. The van der Waals surface area contributed by atoms with Crippen molar-refractivity contribution in [3.63, 3.8) is 0 Å². The minimum atomic E-state index is -0.181. The third-order valence-electron chi connectivity index (χ3n) is 5.15. The summed E-state index contributed by atoms with van der Waals surface area (Å²) in [5.74, 6) is 2.63. The van der Waals surface area contributed by atoms with E-state index in [2.05, 4.69) is 27.5 Å². The molecule has 0 saturated heterocycles. The zero-order valence-corrected chi connectivity index (χ0v) is 17.0. The molecule has 0 spiro atoms.